The Morgan fingerprint density at radius 1 is 1.57 bits per heavy atom. The second kappa shape index (κ2) is 6.20. The Bertz CT molecular complexity index is 177. The van der Waals surface area contributed by atoms with E-state index in [0.717, 1.165) is 19.0 Å². The molecule has 2 nitrogen and oxygen atoms in total. The first-order valence-electron chi connectivity index (χ1n) is 5.79. The van der Waals surface area contributed by atoms with Gasteiger partial charge in [-0.2, -0.15) is 0 Å². The van der Waals surface area contributed by atoms with Crippen LogP contribution < -0.4 is 5.32 Å². The van der Waals surface area contributed by atoms with E-state index in [0.29, 0.717) is 0 Å². The minimum Gasteiger partial charge on any atom is -0.317 e. The van der Waals surface area contributed by atoms with Gasteiger partial charge in [0, 0.05) is 13.1 Å². The molecular formula is C12H24N2. The Morgan fingerprint density at radius 3 is 3.00 bits per heavy atom. The van der Waals surface area contributed by atoms with E-state index < -0.39 is 0 Å². The summed E-state index contributed by atoms with van der Waals surface area (Å²) in [6.45, 7) is 14.1. The van der Waals surface area contributed by atoms with Gasteiger partial charge < -0.3 is 5.32 Å². The minimum atomic E-state index is 0.850. The average molecular weight is 196 g/mol. The van der Waals surface area contributed by atoms with Crippen LogP contribution in [0.15, 0.2) is 12.2 Å². The Kier molecular flexibility index (Phi) is 5.20. The molecule has 1 unspecified atom stereocenters. The number of hydrogen-bond acceptors (Lipinski definition) is 2. The standard InChI is InChI=1S/C12H24N2/c1-4-13-8-12-6-5-7-14(10-12)9-11(2)3/h12-13H,2,4-10H2,1,3H3. The van der Waals surface area contributed by atoms with Gasteiger partial charge in [0.2, 0.25) is 0 Å². The highest BCUT2D eigenvalue weighted by molar-refractivity contribution is 4.93. The smallest absolute Gasteiger partial charge is 0.0187 e. The van der Waals surface area contributed by atoms with Crippen LogP contribution in [0.25, 0.3) is 0 Å². The lowest BCUT2D eigenvalue weighted by Crippen LogP contribution is -2.40. The fraction of sp³-hybridized carbons (Fsp3) is 0.833. The van der Waals surface area contributed by atoms with Crippen LogP contribution in [-0.4, -0.2) is 37.6 Å². The van der Waals surface area contributed by atoms with Gasteiger partial charge in [-0.15, -0.1) is 0 Å². The topological polar surface area (TPSA) is 15.3 Å². The number of hydrogen-bond donors (Lipinski definition) is 1. The van der Waals surface area contributed by atoms with Crippen molar-refractivity contribution in [2.45, 2.75) is 26.7 Å². The zero-order chi connectivity index (χ0) is 10.4. The van der Waals surface area contributed by atoms with Crippen LogP contribution in [0.4, 0.5) is 0 Å². The number of likely N-dealkylation sites (tertiary alicyclic amines) is 1. The third kappa shape index (κ3) is 4.25. The predicted molar refractivity (Wildman–Crippen MR) is 62.5 cm³/mol. The molecule has 1 N–H and O–H groups in total. The van der Waals surface area contributed by atoms with Gasteiger partial charge in [0.05, 0.1) is 0 Å². The maximum atomic E-state index is 3.98. The first-order chi connectivity index (χ1) is 6.72. The molecule has 1 saturated heterocycles. The molecule has 0 aliphatic carbocycles. The molecule has 2 heteroatoms. The summed E-state index contributed by atoms with van der Waals surface area (Å²) in [4.78, 5) is 2.54. The van der Waals surface area contributed by atoms with Crippen LogP contribution in [0.5, 0.6) is 0 Å². The number of piperidine rings is 1. The molecule has 0 spiro atoms. The van der Waals surface area contributed by atoms with Crippen molar-refractivity contribution in [1.29, 1.82) is 0 Å². The number of nitrogens with zero attached hydrogens (tertiary/aromatic N) is 1. The summed E-state index contributed by atoms with van der Waals surface area (Å²) >= 11 is 0. The van der Waals surface area contributed by atoms with Crippen LogP contribution in [0.1, 0.15) is 26.7 Å². The van der Waals surface area contributed by atoms with Crippen LogP contribution in [-0.2, 0) is 0 Å². The van der Waals surface area contributed by atoms with Crippen molar-refractivity contribution in [2.75, 3.05) is 32.7 Å². The Labute approximate surface area is 88.4 Å². The second-order valence-corrected chi connectivity index (χ2v) is 4.51. The van der Waals surface area contributed by atoms with Crippen molar-refractivity contribution < 1.29 is 0 Å². The fourth-order valence-electron chi connectivity index (χ4n) is 2.19. The van der Waals surface area contributed by atoms with Gasteiger partial charge >= 0.3 is 0 Å². The van der Waals surface area contributed by atoms with E-state index in [1.807, 2.05) is 0 Å². The number of nitrogens with one attached hydrogen (secondary N) is 1. The monoisotopic (exact) mass is 196 g/mol. The van der Waals surface area contributed by atoms with Crippen LogP contribution >= 0.6 is 0 Å². The molecule has 0 saturated carbocycles. The summed E-state index contributed by atoms with van der Waals surface area (Å²) in [7, 11) is 0. The molecule has 0 radical (unpaired) electrons. The van der Waals surface area contributed by atoms with Crippen molar-refractivity contribution in [3.05, 3.63) is 12.2 Å². The Hall–Kier alpha value is -0.340. The van der Waals surface area contributed by atoms with Crippen molar-refractivity contribution in [3.8, 4) is 0 Å². The van der Waals surface area contributed by atoms with Crippen molar-refractivity contribution in [2.24, 2.45) is 5.92 Å². The first-order valence-corrected chi connectivity index (χ1v) is 5.79. The van der Waals surface area contributed by atoms with Crippen LogP contribution in [0.2, 0.25) is 0 Å². The quantitative estimate of drug-likeness (QED) is 0.675. The average Bonchev–Trinajstić information content (AvgIpc) is 2.14. The van der Waals surface area contributed by atoms with Gasteiger partial charge in [0.25, 0.3) is 0 Å². The van der Waals surface area contributed by atoms with E-state index in [1.165, 1.54) is 38.0 Å². The van der Waals surface area contributed by atoms with E-state index in [-0.39, 0.29) is 0 Å². The fourth-order valence-corrected chi connectivity index (χ4v) is 2.19. The van der Waals surface area contributed by atoms with Crippen LogP contribution in [0.3, 0.4) is 0 Å². The zero-order valence-electron chi connectivity index (χ0n) is 9.68. The molecule has 0 aromatic rings. The van der Waals surface area contributed by atoms with Crippen LogP contribution in [0, 0.1) is 5.92 Å². The minimum absolute atomic E-state index is 0.850. The summed E-state index contributed by atoms with van der Waals surface area (Å²) in [6, 6.07) is 0. The molecule has 1 aliphatic heterocycles. The van der Waals surface area contributed by atoms with Gasteiger partial charge in [0.15, 0.2) is 0 Å². The lowest BCUT2D eigenvalue weighted by Gasteiger charge is -2.32. The van der Waals surface area contributed by atoms with E-state index in [1.54, 1.807) is 0 Å². The lowest BCUT2D eigenvalue weighted by molar-refractivity contribution is 0.185. The summed E-state index contributed by atoms with van der Waals surface area (Å²) in [5.41, 5.74) is 1.29. The molecule has 14 heavy (non-hydrogen) atoms. The van der Waals surface area contributed by atoms with E-state index in [4.69, 9.17) is 0 Å². The van der Waals surface area contributed by atoms with Gasteiger partial charge in [0.1, 0.15) is 0 Å². The van der Waals surface area contributed by atoms with Gasteiger partial charge in [-0.25, -0.2) is 0 Å². The van der Waals surface area contributed by atoms with Crippen molar-refractivity contribution >= 4 is 0 Å². The Balaban J connectivity index is 2.24. The van der Waals surface area contributed by atoms with E-state index in [2.05, 4.69) is 30.6 Å². The predicted octanol–water partition coefficient (Wildman–Crippen LogP) is 1.88. The lowest BCUT2D eigenvalue weighted by atomic mass is 9.97. The summed E-state index contributed by atoms with van der Waals surface area (Å²) in [6.07, 6.45) is 2.74. The molecule has 1 atom stereocenters. The van der Waals surface area contributed by atoms with Gasteiger partial charge in [-0.05, 0) is 45.3 Å². The van der Waals surface area contributed by atoms with Gasteiger partial charge in [-0.3, -0.25) is 4.90 Å². The molecule has 1 aliphatic rings. The molecule has 0 aromatic carbocycles. The Morgan fingerprint density at radius 2 is 2.36 bits per heavy atom. The van der Waals surface area contributed by atoms with Crippen molar-refractivity contribution in [3.63, 3.8) is 0 Å². The maximum absolute atomic E-state index is 3.98. The molecule has 82 valence electrons. The summed E-state index contributed by atoms with van der Waals surface area (Å²) in [5.74, 6) is 0.850. The molecule has 1 heterocycles. The largest absolute Gasteiger partial charge is 0.317 e. The molecule has 1 rings (SSSR count). The molecule has 0 aromatic heterocycles. The number of rotatable bonds is 5. The SMILES string of the molecule is C=C(C)CN1CCCC(CNCC)C1. The molecule has 1 fully saturated rings. The molecule has 0 amide bonds. The van der Waals surface area contributed by atoms with Crippen molar-refractivity contribution in [1.82, 2.24) is 10.2 Å². The third-order valence-corrected chi connectivity index (χ3v) is 2.78. The van der Waals surface area contributed by atoms with E-state index >= 15 is 0 Å². The highest BCUT2D eigenvalue weighted by atomic mass is 15.1. The molecule has 0 bridgehead atoms. The van der Waals surface area contributed by atoms with E-state index in [9.17, 15) is 0 Å². The second-order valence-electron chi connectivity index (χ2n) is 4.51. The first kappa shape index (κ1) is 11.7. The zero-order valence-corrected chi connectivity index (χ0v) is 9.68. The highest BCUT2D eigenvalue weighted by Gasteiger charge is 2.18. The summed E-state index contributed by atoms with van der Waals surface area (Å²) < 4.78 is 0. The molecular weight excluding hydrogens is 172 g/mol. The maximum Gasteiger partial charge on any atom is 0.0187 e. The summed E-state index contributed by atoms with van der Waals surface area (Å²) in [5, 5.41) is 3.44. The van der Waals surface area contributed by atoms with Gasteiger partial charge in [-0.1, -0.05) is 19.1 Å². The third-order valence-electron chi connectivity index (χ3n) is 2.78. The highest BCUT2D eigenvalue weighted by Crippen LogP contribution is 2.16. The normalized spacial score (nSPS) is 23.7.